The summed E-state index contributed by atoms with van der Waals surface area (Å²) in [6.07, 6.45) is -1.06. The van der Waals surface area contributed by atoms with Gasteiger partial charge in [-0.1, -0.05) is 0 Å². The zero-order chi connectivity index (χ0) is 19.4. The lowest BCUT2D eigenvalue weighted by Crippen LogP contribution is -2.07. The summed E-state index contributed by atoms with van der Waals surface area (Å²) in [6.45, 7) is 2.54. The highest BCUT2D eigenvalue weighted by atomic mass is 79.9. The van der Waals surface area contributed by atoms with Crippen LogP contribution in [0.4, 0.5) is 30.6 Å². The summed E-state index contributed by atoms with van der Waals surface area (Å²) in [7, 11) is 0. The molecule has 0 aliphatic carbocycles. The van der Waals surface area contributed by atoms with Gasteiger partial charge in [0.05, 0.1) is 16.9 Å². The third-order valence-electron chi connectivity index (χ3n) is 3.58. The van der Waals surface area contributed by atoms with Gasteiger partial charge in [0.25, 0.3) is 0 Å². The molecule has 0 amide bonds. The van der Waals surface area contributed by atoms with E-state index in [0.717, 1.165) is 17.7 Å². The Morgan fingerprint density at radius 2 is 1.93 bits per heavy atom. The van der Waals surface area contributed by atoms with Crippen molar-refractivity contribution in [2.24, 2.45) is 0 Å². The minimum atomic E-state index is -4.40. The lowest BCUT2D eigenvalue weighted by Gasteiger charge is -2.13. The molecule has 0 bridgehead atoms. The van der Waals surface area contributed by atoms with Crippen LogP contribution < -0.4 is 10.6 Å². The van der Waals surface area contributed by atoms with Crippen LogP contribution in [0.3, 0.4) is 0 Å². The molecule has 0 aliphatic heterocycles. The fourth-order valence-electron chi connectivity index (χ4n) is 2.34. The largest absolute Gasteiger partial charge is 0.416 e. The molecule has 0 spiro atoms. The highest BCUT2D eigenvalue weighted by Crippen LogP contribution is 2.35. The molecule has 2 heterocycles. The van der Waals surface area contributed by atoms with Crippen molar-refractivity contribution in [2.45, 2.75) is 13.1 Å². The molecule has 3 aromatic rings. The Hall–Kier alpha value is -2.68. The van der Waals surface area contributed by atoms with Gasteiger partial charge in [0.1, 0.15) is 5.82 Å². The van der Waals surface area contributed by atoms with Crippen LogP contribution in [0.5, 0.6) is 0 Å². The molecule has 5 nitrogen and oxygen atoms in total. The van der Waals surface area contributed by atoms with Crippen molar-refractivity contribution in [3.8, 4) is 11.3 Å². The van der Waals surface area contributed by atoms with Crippen LogP contribution in [-0.2, 0) is 6.18 Å². The van der Waals surface area contributed by atoms with Crippen LogP contribution in [0.15, 0.2) is 53.3 Å². The van der Waals surface area contributed by atoms with Crippen LogP contribution in [0.2, 0.25) is 0 Å². The second-order valence-electron chi connectivity index (χ2n) is 5.55. The minimum Gasteiger partial charge on any atom is -0.354 e. The average Bonchev–Trinajstić information content (AvgIpc) is 2.63. The number of aromatic nitrogens is 3. The summed E-state index contributed by atoms with van der Waals surface area (Å²) in [5.41, 5.74) is 1.17. The van der Waals surface area contributed by atoms with Gasteiger partial charge in [0.15, 0.2) is 0 Å². The maximum absolute atomic E-state index is 12.8. The molecule has 3 rings (SSSR count). The Kier molecular flexibility index (Phi) is 5.59. The Labute approximate surface area is 162 Å². The lowest BCUT2D eigenvalue weighted by atomic mass is 10.2. The number of benzene rings is 1. The molecule has 0 atom stereocenters. The molecule has 2 N–H and O–H groups in total. The van der Waals surface area contributed by atoms with Gasteiger partial charge >= 0.3 is 6.18 Å². The first kappa shape index (κ1) is 19.1. The second-order valence-corrected chi connectivity index (χ2v) is 6.41. The fourth-order valence-corrected chi connectivity index (χ4v) is 2.82. The van der Waals surface area contributed by atoms with Crippen molar-refractivity contribution in [1.82, 2.24) is 15.0 Å². The Morgan fingerprint density at radius 1 is 1.11 bits per heavy atom. The molecule has 0 saturated heterocycles. The number of pyridine rings is 1. The van der Waals surface area contributed by atoms with E-state index in [1.807, 2.05) is 13.0 Å². The van der Waals surface area contributed by atoms with E-state index in [0.29, 0.717) is 29.7 Å². The third kappa shape index (κ3) is 4.73. The number of alkyl halides is 3. The predicted molar refractivity (Wildman–Crippen MR) is 102 cm³/mol. The van der Waals surface area contributed by atoms with Crippen molar-refractivity contribution in [3.05, 3.63) is 58.8 Å². The zero-order valence-electron chi connectivity index (χ0n) is 14.2. The molecule has 27 heavy (non-hydrogen) atoms. The van der Waals surface area contributed by atoms with Gasteiger partial charge in [-0.2, -0.15) is 18.2 Å². The van der Waals surface area contributed by atoms with E-state index in [1.54, 1.807) is 24.5 Å². The number of nitrogens with zero attached hydrogens (tertiary/aromatic N) is 3. The first-order chi connectivity index (χ1) is 12.9. The van der Waals surface area contributed by atoms with Crippen molar-refractivity contribution < 1.29 is 13.2 Å². The maximum atomic E-state index is 12.8. The number of anilines is 3. The lowest BCUT2D eigenvalue weighted by molar-refractivity contribution is -0.137. The minimum absolute atomic E-state index is 0.281. The van der Waals surface area contributed by atoms with Crippen LogP contribution in [0, 0.1) is 0 Å². The van der Waals surface area contributed by atoms with Gasteiger partial charge < -0.3 is 10.6 Å². The van der Waals surface area contributed by atoms with E-state index in [2.05, 4.69) is 41.5 Å². The quantitative estimate of drug-likeness (QED) is 0.551. The SMILES string of the molecule is CCNc1nc(Nc2ccc(C(F)(F)F)cc2Br)cc(-c2cccnc2)n1. The van der Waals surface area contributed by atoms with Gasteiger partial charge in [-0.15, -0.1) is 0 Å². The number of rotatable bonds is 5. The van der Waals surface area contributed by atoms with Gasteiger partial charge in [-0.25, -0.2) is 4.98 Å². The van der Waals surface area contributed by atoms with Crippen LogP contribution in [0.25, 0.3) is 11.3 Å². The number of hydrogen-bond acceptors (Lipinski definition) is 5. The van der Waals surface area contributed by atoms with Gasteiger partial charge in [-0.3, -0.25) is 4.98 Å². The Bertz CT molecular complexity index is 932. The molecule has 0 aliphatic rings. The number of hydrogen-bond donors (Lipinski definition) is 2. The van der Waals surface area contributed by atoms with Gasteiger partial charge in [0, 0.05) is 35.0 Å². The van der Waals surface area contributed by atoms with Crippen molar-refractivity contribution in [1.29, 1.82) is 0 Å². The molecule has 0 unspecified atom stereocenters. The van der Waals surface area contributed by atoms with E-state index < -0.39 is 11.7 Å². The van der Waals surface area contributed by atoms with Crippen molar-refractivity contribution >= 4 is 33.4 Å². The van der Waals surface area contributed by atoms with Gasteiger partial charge in [0.2, 0.25) is 5.95 Å². The summed E-state index contributed by atoms with van der Waals surface area (Å²) in [5.74, 6) is 0.852. The predicted octanol–water partition coefficient (Wildman–Crippen LogP) is 5.50. The van der Waals surface area contributed by atoms with E-state index in [-0.39, 0.29) is 4.47 Å². The topological polar surface area (TPSA) is 62.7 Å². The number of nitrogens with one attached hydrogen (secondary N) is 2. The van der Waals surface area contributed by atoms with Gasteiger partial charge in [-0.05, 0) is 53.2 Å². The zero-order valence-corrected chi connectivity index (χ0v) is 15.8. The smallest absolute Gasteiger partial charge is 0.354 e. The molecule has 1 aromatic carbocycles. The van der Waals surface area contributed by atoms with E-state index in [1.165, 1.54) is 6.07 Å². The summed E-state index contributed by atoms with van der Waals surface area (Å²) in [4.78, 5) is 12.9. The maximum Gasteiger partial charge on any atom is 0.416 e. The normalized spacial score (nSPS) is 11.3. The first-order valence-electron chi connectivity index (χ1n) is 8.04. The van der Waals surface area contributed by atoms with E-state index in [4.69, 9.17) is 0 Å². The Balaban J connectivity index is 1.96. The van der Waals surface area contributed by atoms with Crippen molar-refractivity contribution in [3.63, 3.8) is 0 Å². The molecule has 9 heteroatoms. The molecule has 0 saturated carbocycles. The summed E-state index contributed by atoms with van der Waals surface area (Å²) in [6, 6.07) is 8.76. The molecular weight excluding hydrogens is 423 g/mol. The summed E-state index contributed by atoms with van der Waals surface area (Å²) >= 11 is 3.18. The summed E-state index contributed by atoms with van der Waals surface area (Å²) < 4.78 is 38.8. The molecule has 0 radical (unpaired) electrons. The monoisotopic (exact) mass is 437 g/mol. The van der Waals surface area contributed by atoms with E-state index >= 15 is 0 Å². The van der Waals surface area contributed by atoms with Crippen LogP contribution >= 0.6 is 15.9 Å². The standard InChI is InChI=1S/C18H15BrF3N5/c1-2-24-17-26-15(11-4-3-7-23-10-11)9-16(27-17)25-14-6-5-12(8-13(14)19)18(20,21)22/h3-10H,2H2,1H3,(H2,24,25,26,27). The first-order valence-corrected chi connectivity index (χ1v) is 8.83. The van der Waals surface area contributed by atoms with E-state index in [9.17, 15) is 13.2 Å². The van der Waals surface area contributed by atoms with Crippen LogP contribution in [-0.4, -0.2) is 21.5 Å². The molecule has 140 valence electrons. The molecule has 2 aromatic heterocycles. The number of halogens is 4. The third-order valence-corrected chi connectivity index (χ3v) is 4.23. The second kappa shape index (κ2) is 7.91. The Morgan fingerprint density at radius 3 is 2.56 bits per heavy atom. The highest BCUT2D eigenvalue weighted by molar-refractivity contribution is 9.10. The molecular formula is C18H15BrF3N5. The van der Waals surface area contributed by atoms with Crippen molar-refractivity contribution in [2.75, 3.05) is 17.2 Å². The highest BCUT2D eigenvalue weighted by Gasteiger charge is 2.30. The summed E-state index contributed by atoms with van der Waals surface area (Å²) in [5, 5.41) is 6.08. The van der Waals surface area contributed by atoms with Crippen LogP contribution in [0.1, 0.15) is 12.5 Å². The fraction of sp³-hybridized carbons (Fsp3) is 0.167. The molecule has 0 fully saturated rings. The average molecular weight is 438 g/mol.